The molecule has 1 unspecified atom stereocenters. The highest BCUT2D eigenvalue weighted by molar-refractivity contribution is 5.92. The highest BCUT2D eigenvalue weighted by atomic mass is 16.5. The number of fused-ring (bicyclic) bond motifs is 1. The van der Waals surface area contributed by atoms with Gasteiger partial charge in [-0.3, -0.25) is 4.79 Å². The second kappa shape index (κ2) is 5.92. The van der Waals surface area contributed by atoms with Crippen molar-refractivity contribution in [3.63, 3.8) is 0 Å². The van der Waals surface area contributed by atoms with E-state index in [1.165, 1.54) is 0 Å². The van der Waals surface area contributed by atoms with Crippen LogP contribution in [0.5, 0.6) is 0 Å². The smallest absolute Gasteiger partial charge is 0.272 e. The van der Waals surface area contributed by atoms with E-state index < -0.39 is 0 Å². The molecule has 1 amide bonds. The predicted molar refractivity (Wildman–Crippen MR) is 80.6 cm³/mol. The van der Waals surface area contributed by atoms with E-state index in [1.54, 1.807) is 13.3 Å². The molecule has 3 heterocycles. The summed E-state index contributed by atoms with van der Waals surface area (Å²) in [7, 11) is 1.70. The molecule has 0 saturated heterocycles. The van der Waals surface area contributed by atoms with Crippen molar-refractivity contribution in [2.75, 3.05) is 20.3 Å². The van der Waals surface area contributed by atoms with Crippen LogP contribution in [-0.2, 0) is 17.7 Å². The molecular weight excluding hydrogens is 282 g/mol. The van der Waals surface area contributed by atoms with Crippen LogP contribution in [0.25, 0.3) is 0 Å². The summed E-state index contributed by atoms with van der Waals surface area (Å²) in [6.45, 7) is 5.96. The molecule has 118 valence electrons. The van der Waals surface area contributed by atoms with Crippen LogP contribution in [0.1, 0.15) is 40.8 Å². The third-order valence-corrected chi connectivity index (χ3v) is 4.13. The fourth-order valence-corrected chi connectivity index (χ4v) is 2.93. The van der Waals surface area contributed by atoms with E-state index >= 15 is 0 Å². The summed E-state index contributed by atoms with van der Waals surface area (Å²) < 4.78 is 7.34. The van der Waals surface area contributed by atoms with Crippen LogP contribution in [-0.4, -0.2) is 50.6 Å². The minimum absolute atomic E-state index is 0.0270. The number of nitrogens with zero attached hydrogens (tertiary/aromatic N) is 4. The second-order valence-corrected chi connectivity index (χ2v) is 5.56. The normalized spacial score (nSPS) is 17.6. The van der Waals surface area contributed by atoms with Crippen LogP contribution in [0.15, 0.2) is 12.4 Å². The molecule has 1 aliphatic heterocycles. The molecule has 2 aromatic heterocycles. The van der Waals surface area contributed by atoms with Gasteiger partial charge in [0.2, 0.25) is 0 Å². The molecule has 1 N–H and O–H groups in total. The maximum Gasteiger partial charge on any atom is 0.272 e. The molecule has 0 aromatic carbocycles. The summed E-state index contributed by atoms with van der Waals surface area (Å²) in [6.07, 6.45) is 4.32. The van der Waals surface area contributed by atoms with Gasteiger partial charge in [-0.15, -0.1) is 0 Å². The quantitative estimate of drug-likeness (QED) is 0.924. The number of aryl methyl sites for hydroxylation is 1. The molecular formula is C15H21N5O2. The van der Waals surface area contributed by atoms with Gasteiger partial charge in [-0.1, -0.05) is 0 Å². The molecule has 0 saturated carbocycles. The van der Waals surface area contributed by atoms with Crippen molar-refractivity contribution in [1.29, 1.82) is 0 Å². The average Bonchev–Trinajstić information content (AvgIpc) is 3.12. The van der Waals surface area contributed by atoms with Gasteiger partial charge in [0, 0.05) is 38.5 Å². The summed E-state index contributed by atoms with van der Waals surface area (Å²) in [5.41, 5.74) is 1.69. The van der Waals surface area contributed by atoms with Crippen molar-refractivity contribution in [3.8, 4) is 0 Å². The molecule has 0 bridgehead atoms. The van der Waals surface area contributed by atoms with Gasteiger partial charge in [-0.25, -0.2) is 9.97 Å². The first-order chi connectivity index (χ1) is 10.6. The number of methoxy groups -OCH3 is 1. The summed E-state index contributed by atoms with van der Waals surface area (Å²) in [4.78, 5) is 26.1. The zero-order chi connectivity index (χ0) is 15.7. The Morgan fingerprint density at radius 3 is 2.91 bits per heavy atom. The van der Waals surface area contributed by atoms with E-state index in [0.29, 0.717) is 18.8 Å². The molecule has 2 aromatic rings. The van der Waals surface area contributed by atoms with Crippen molar-refractivity contribution < 1.29 is 9.53 Å². The molecule has 7 heteroatoms. The van der Waals surface area contributed by atoms with Crippen LogP contribution in [0, 0.1) is 6.92 Å². The summed E-state index contributed by atoms with van der Waals surface area (Å²) in [5.74, 6) is 1.65. The lowest BCUT2D eigenvalue weighted by molar-refractivity contribution is 0.0630. The van der Waals surface area contributed by atoms with Crippen molar-refractivity contribution in [2.45, 2.75) is 32.9 Å². The van der Waals surface area contributed by atoms with E-state index in [9.17, 15) is 4.79 Å². The number of ether oxygens (including phenoxy) is 1. The third-order valence-electron chi connectivity index (χ3n) is 4.13. The first-order valence-electron chi connectivity index (χ1n) is 7.47. The van der Waals surface area contributed by atoms with Gasteiger partial charge in [0.25, 0.3) is 5.91 Å². The minimum Gasteiger partial charge on any atom is -0.384 e. The van der Waals surface area contributed by atoms with Crippen LogP contribution in [0.3, 0.4) is 0 Å². The lowest BCUT2D eigenvalue weighted by Gasteiger charge is -2.34. The molecule has 7 nitrogen and oxygen atoms in total. The number of H-pyrrole nitrogens is 1. The molecule has 1 aliphatic rings. The fraction of sp³-hybridized carbons (Fsp3) is 0.533. The largest absolute Gasteiger partial charge is 0.384 e. The van der Waals surface area contributed by atoms with E-state index in [4.69, 9.17) is 4.74 Å². The first kappa shape index (κ1) is 14.8. The zero-order valence-electron chi connectivity index (χ0n) is 13.2. The minimum atomic E-state index is -0.0545. The monoisotopic (exact) mass is 303 g/mol. The van der Waals surface area contributed by atoms with Gasteiger partial charge in [0.05, 0.1) is 18.8 Å². The standard InChI is InChI=1S/C15H21N5O2/c1-10-14-17-8-12(4-7-22-3)20(14)6-5-19(10)15(21)13-9-16-11(2)18-13/h8-10H,4-7H2,1-3H3,(H,16,18). The Bertz CT molecular complexity index is 675. The SMILES string of the molecule is COCCc1cnc2n1CCN(C(=O)c1cnc(C)[nH]1)C2C. The van der Waals surface area contributed by atoms with Crippen molar-refractivity contribution in [2.24, 2.45) is 0 Å². The highest BCUT2D eigenvalue weighted by Gasteiger charge is 2.31. The summed E-state index contributed by atoms with van der Waals surface area (Å²) in [6, 6.07) is -0.0545. The number of nitrogens with one attached hydrogen (secondary N) is 1. The Hall–Kier alpha value is -2.15. The van der Waals surface area contributed by atoms with Gasteiger partial charge < -0.3 is 19.2 Å². The van der Waals surface area contributed by atoms with Crippen LogP contribution in [0.4, 0.5) is 0 Å². The molecule has 0 radical (unpaired) electrons. The molecule has 1 atom stereocenters. The number of aromatic nitrogens is 4. The van der Waals surface area contributed by atoms with E-state index in [1.807, 2.05) is 24.9 Å². The van der Waals surface area contributed by atoms with E-state index in [0.717, 1.165) is 30.3 Å². The summed E-state index contributed by atoms with van der Waals surface area (Å²) >= 11 is 0. The maximum atomic E-state index is 12.6. The van der Waals surface area contributed by atoms with Crippen LogP contribution in [0.2, 0.25) is 0 Å². The molecule has 22 heavy (non-hydrogen) atoms. The maximum absolute atomic E-state index is 12.6. The molecule has 0 fully saturated rings. The van der Waals surface area contributed by atoms with Crippen molar-refractivity contribution >= 4 is 5.91 Å². The van der Waals surface area contributed by atoms with E-state index in [-0.39, 0.29) is 11.9 Å². The second-order valence-electron chi connectivity index (χ2n) is 5.56. The number of imidazole rings is 2. The van der Waals surface area contributed by atoms with Gasteiger partial charge in [0.15, 0.2) is 0 Å². The Labute approximate surface area is 129 Å². The number of hydrogen-bond acceptors (Lipinski definition) is 4. The third kappa shape index (κ3) is 2.52. The Morgan fingerprint density at radius 1 is 1.41 bits per heavy atom. The molecule has 3 rings (SSSR count). The van der Waals surface area contributed by atoms with Crippen LogP contribution < -0.4 is 0 Å². The van der Waals surface area contributed by atoms with Crippen molar-refractivity contribution in [3.05, 3.63) is 35.4 Å². The topological polar surface area (TPSA) is 76.0 Å². The van der Waals surface area contributed by atoms with Gasteiger partial charge in [-0.05, 0) is 13.8 Å². The number of amides is 1. The number of carbonyl (C=O) groups excluding carboxylic acids is 1. The number of aromatic amines is 1. The lowest BCUT2D eigenvalue weighted by Crippen LogP contribution is -2.41. The Balaban J connectivity index is 1.81. The Kier molecular flexibility index (Phi) is 3.98. The average molecular weight is 303 g/mol. The number of hydrogen-bond donors (Lipinski definition) is 1. The van der Waals surface area contributed by atoms with E-state index in [2.05, 4.69) is 19.5 Å². The summed E-state index contributed by atoms with van der Waals surface area (Å²) in [5, 5.41) is 0. The van der Waals surface area contributed by atoms with Gasteiger partial charge in [-0.2, -0.15) is 0 Å². The van der Waals surface area contributed by atoms with Crippen molar-refractivity contribution in [1.82, 2.24) is 24.4 Å². The number of rotatable bonds is 4. The lowest BCUT2D eigenvalue weighted by atomic mass is 10.2. The number of carbonyl (C=O) groups is 1. The molecule has 0 aliphatic carbocycles. The fourth-order valence-electron chi connectivity index (χ4n) is 2.93. The zero-order valence-corrected chi connectivity index (χ0v) is 13.2. The Morgan fingerprint density at radius 2 is 2.23 bits per heavy atom. The van der Waals surface area contributed by atoms with Gasteiger partial charge >= 0.3 is 0 Å². The van der Waals surface area contributed by atoms with Crippen LogP contribution >= 0.6 is 0 Å². The predicted octanol–water partition coefficient (Wildman–Crippen LogP) is 1.32. The van der Waals surface area contributed by atoms with Gasteiger partial charge in [0.1, 0.15) is 17.3 Å². The highest BCUT2D eigenvalue weighted by Crippen LogP contribution is 2.26. The molecule has 0 spiro atoms. The first-order valence-corrected chi connectivity index (χ1v) is 7.47.